The molecule has 0 radical (unpaired) electrons. The first kappa shape index (κ1) is 18.3. The summed E-state index contributed by atoms with van der Waals surface area (Å²) in [5, 5.41) is 2.74. The molecule has 0 heterocycles. The van der Waals surface area contributed by atoms with Gasteiger partial charge in [0.25, 0.3) is 0 Å². The molecule has 5 heteroatoms. The molecular formula is C19H22BrNO3. The Labute approximate surface area is 151 Å². The molecule has 0 bridgehead atoms. The molecule has 2 aromatic carbocycles. The number of amides is 1. The van der Waals surface area contributed by atoms with Crippen LogP contribution in [-0.4, -0.2) is 11.7 Å². The lowest BCUT2D eigenvalue weighted by molar-refractivity contribution is 0.0523. The third-order valence-electron chi connectivity index (χ3n) is 3.07. The number of benzene rings is 2. The minimum absolute atomic E-state index is 0.379. The number of rotatable bonds is 5. The first-order chi connectivity index (χ1) is 11.3. The van der Waals surface area contributed by atoms with Gasteiger partial charge in [-0.15, -0.1) is 0 Å². The molecule has 0 aliphatic rings. The molecule has 0 fully saturated rings. The maximum Gasteiger partial charge on any atom is 0.407 e. The number of ether oxygens (including phenoxy) is 2. The van der Waals surface area contributed by atoms with Gasteiger partial charge >= 0.3 is 6.09 Å². The van der Waals surface area contributed by atoms with Crippen molar-refractivity contribution in [1.29, 1.82) is 0 Å². The fraction of sp³-hybridized carbons (Fsp3) is 0.316. The highest BCUT2D eigenvalue weighted by Gasteiger charge is 2.15. The minimum atomic E-state index is -0.506. The third kappa shape index (κ3) is 6.24. The zero-order valence-electron chi connectivity index (χ0n) is 14.1. The minimum Gasteiger partial charge on any atom is -0.488 e. The van der Waals surface area contributed by atoms with Crippen molar-refractivity contribution < 1.29 is 14.3 Å². The number of hydrogen-bond acceptors (Lipinski definition) is 3. The fourth-order valence-corrected chi connectivity index (χ4v) is 2.35. The van der Waals surface area contributed by atoms with Crippen LogP contribution < -0.4 is 10.1 Å². The van der Waals surface area contributed by atoms with Gasteiger partial charge in [-0.1, -0.05) is 36.4 Å². The molecule has 2 rings (SSSR count). The monoisotopic (exact) mass is 391 g/mol. The maximum absolute atomic E-state index is 11.7. The van der Waals surface area contributed by atoms with Gasteiger partial charge in [-0.3, -0.25) is 0 Å². The van der Waals surface area contributed by atoms with Gasteiger partial charge in [-0.2, -0.15) is 0 Å². The average Bonchev–Trinajstić information content (AvgIpc) is 2.52. The largest absolute Gasteiger partial charge is 0.488 e. The number of alkyl carbamates (subject to hydrolysis) is 1. The number of halogens is 1. The quantitative estimate of drug-likeness (QED) is 0.775. The molecule has 0 saturated carbocycles. The summed E-state index contributed by atoms with van der Waals surface area (Å²) < 4.78 is 12.0. The zero-order chi connectivity index (χ0) is 17.6. The molecule has 1 amide bonds. The van der Waals surface area contributed by atoms with E-state index in [0.717, 1.165) is 21.3 Å². The van der Waals surface area contributed by atoms with Crippen molar-refractivity contribution in [1.82, 2.24) is 5.32 Å². The van der Waals surface area contributed by atoms with E-state index in [4.69, 9.17) is 9.47 Å². The van der Waals surface area contributed by atoms with Crippen molar-refractivity contribution in [3.63, 3.8) is 0 Å². The van der Waals surface area contributed by atoms with E-state index >= 15 is 0 Å². The highest BCUT2D eigenvalue weighted by molar-refractivity contribution is 9.10. The van der Waals surface area contributed by atoms with E-state index in [1.807, 2.05) is 69.3 Å². The van der Waals surface area contributed by atoms with E-state index in [1.54, 1.807) is 0 Å². The summed E-state index contributed by atoms with van der Waals surface area (Å²) in [6, 6.07) is 15.7. The predicted octanol–water partition coefficient (Wildman–Crippen LogP) is 5.05. The molecule has 0 spiro atoms. The van der Waals surface area contributed by atoms with Crippen LogP contribution in [-0.2, 0) is 17.9 Å². The molecule has 24 heavy (non-hydrogen) atoms. The number of carbonyl (C=O) groups excluding carboxylic acids is 1. The Kier molecular flexibility index (Phi) is 6.26. The van der Waals surface area contributed by atoms with Crippen LogP contribution in [0.25, 0.3) is 0 Å². The Morgan fingerprint density at radius 1 is 1.08 bits per heavy atom. The number of hydrogen-bond donors (Lipinski definition) is 1. The molecule has 0 aliphatic carbocycles. The summed E-state index contributed by atoms with van der Waals surface area (Å²) in [6.45, 7) is 6.37. The first-order valence-corrected chi connectivity index (χ1v) is 8.55. The van der Waals surface area contributed by atoms with Crippen molar-refractivity contribution >= 4 is 22.0 Å². The van der Waals surface area contributed by atoms with Gasteiger partial charge in [0.1, 0.15) is 18.0 Å². The fourth-order valence-electron chi connectivity index (χ4n) is 1.99. The Morgan fingerprint density at radius 3 is 2.46 bits per heavy atom. The van der Waals surface area contributed by atoms with Crippen LogP contribution in [0, 0.1) is 0 Å². The highest BCUT2D eigenvalue weighted by atomic mass is 79.9. The standard InChI is InChI=1S/C19H22BrNO3/c1-19(2,3)24-18(22)21-12-15-9-10-16(20)17(11-15)23-13-14-7-5-4-6-8-14/h4-11H,12-13H2,1-3H3,(H,21,22). The van der Waals surface area contributed by atoms with E-state index < -0.39 is 11.7 Å². The molecule has 0 atom stereocenters. The molecule has 0 unspecified atom stereocenters. The molecule has 0 aliphatic heterocycles. The number of carbonyl (C=O) groups is 1. The van der Waals surface area contributed by atoms with Gasteiger partial charge in [0.15, 0.2) is 0 Å². The van der Waals surface area contributed by atoms with E-state index in [0.29, 0.717) is 13.2 Å². The lowest BCUT2D eigenvalue weighted by atomic mass is 10.2. The Morgan fingerprint density at radius 2 is 1.79 bits per heavy atom. The van der Waals surface area contributed by atoms with Crippen LogP contribution in [0.3, 0.4) is 0 Å². The van der Waals surface area contributed by atoms with Crippen LogP contribution in [0.5, 0.6) is 5.75 Å². The van der Waals surface area contributed by atoms with Crippen molar-refractivity contribution in [3.05, 3.63) is 64.1 Å². The van der Waals surface area contributed by atoms with Crippen molar-refractivity contribution in [3.8, 4) is 5.75 Å². The van der Waals surface area contributed by atoms with Crippen LogP contribution in [0.2, 0.25) is 0 Å². The Balaban J connectivity index is 1.94. The van der Waals surface area contributed by atoms with Crippen molar-refractivity contribution in [2.45, 2.75) is 39.5 Å². The van der Waals surface area contributed by atoms with Crippen LogP contribution >= 0.6 is 15.9 Å². The molecular weight excluding hydrogens is 370 g/mol. The van der Waals surface area contributed by atoms with E-state index in [9.17, 15) is 4.79 Å². The molecule has 4 nitrogen and oxygen atoms in total. The zero-order valence-corrected chi connectivity index (χ0v) is 15.7. The van der Waals surface area contributed by atoms with Gasteiger partial charge < -0.3 is 14.8 Å². The lowest BCUT2D eigenvalue weighted by Gasteiger charge is -2.19. The van der Waals surface area contributed by atoms with E-state index in [1.165, 1.54) is 0 Å². The summed E-state index contributed by atoms with van der Waals surface area (Å²) in [5.41, 5.74) is 1.53. The normalized spacial score (nSPS) is 11.0. The molecule has 1 N–H and O–H groups in total. The predicted molar refractivity (Wildman–Crippen MR) is 98.0 cm³/mol. The Bertz CT molecular complexity index is 681. The second kappa shape index (κ2) is 8.20. The first-order valence-electron chi connectivity index (χ1n) is 7.75. The molecule has 0 aromatic heterocycles. The van der Waals surface area contributed by atoms with Crippen molar-refractivity contribution in [2.24, 2.45) is 0 Å². The second-order valence-corrected chi connectivity index (χ2v) is 7.25. The van der Waals surface area contributed by atoms with Gasteiger partial charge in [-0.05, 0) is 60.0 Å². The summed E-state index contributed by atoms with van der Waals surface area (Å²) >= 11 is 3.49. The maximum atomic E-state index is 11.7. The summed E-state index contributed by atoms with van der Waals surface area (Å²) in [5.74, 6) is 0.738. The number of nitrogens with one attached hydrogen (secondary N) is 1. The van der Waals surface area contributed by atoms with Crippen molar-refractivity contribution in [2.75, 3.05) is 0 Å². The SMILES string of the molecule is CC(C)(C)OC(=O)NCc1ccc(Br)c(OCc2ccccc2)c1. The second-order valence-electron chi connectivity index (χ2n) is 6.39. The average molecular weight is 392 g/mol. The Hall–Kier alpha value is -2.01. The van der Waals surface area contributed by atoms with E-state index in [2.05, 4.69) is 21.2 Å². The van der Waals surface area contributed by atoms with Crippen LogP contribution in [0.15, 0.2) is 53.0 Å². The third-order valence-corrected chi connectivity index (χ3v) is 3.72. The van der Waals surface area contributed by atoms with E-state index in [-0.39, 0.29) is 0 Å². The molecule has 128 valence electrons. The highest BCUT2D eigenvalue weighted by Crippen LogP contribution is 2.27. The molecule has 2 aromatic rings. The smallest absolute Gasteiger partial charge is 0.407 e. The van der Waals surface area contributed by atoms with Crippen LogP contribution in [0.1, 0.15) is 31.9 Å². The van der Waals surface area contributed by atoms with Gasteiger partial charge in [0, 0.05) is 6.54 Å². The topological polar surface area (TPSA) is 47.6 Å². The molecule has 0 saturated heterocycles. The van der Waals surface area contributed by atoms with Gasteiger partial charge in [-0.25, -0.2) is 4.79 Å². The summed E-state index contributed by atoms with van der Waals surface area (Å²) in [4.78, 5) is 11.7. The van der Waals surface area contributed by atoms with Crippen LogP contribution in [0.4, 0.5) is 4.79 Å². The summed E-state index contributed by atoms with van der Waals surface area (Å²) in [6.07, 6.45) is -0.433. The lowest BCUT2D eigenvalue weighted by Crippen LogP contribution is -2.32. The summed E-state index contributed by atoms with van der Waals surface area (Å²) in [7, 11) is 0. The van der Waals surface area contributed by atoms with Gasteiger partial charge in [0.05, 0.1) is 4.47 Å². The van der Waals surface area contributed by atoms with Gasteiger partial charge in [0.2, 0.25) is 0 Å².